The van der Waals surface area contributed by atoms with Crippen LogP contribution in [-0.2, 0) is 0 Å². The normalized spacial score (nSPS) is 12.3. The van der Waals surface area contributed by atoms with Crippen LogP contribution in [0.5, 0.6) is 0 Å². The molecule has 8 heteroatoms. The quantitative estimate of drug-likeness (QED) is 0.268. The summed E-state index contributed by atoms with van der Waals surface area (Å²) < 4.78 is -1.83. The van der Waals surface area contributed by atoms with E-state index in [0.717, 1.165) is 22.0 Å². The van der Waals surface area contributed by atoms with Crippen LogP contribution in [0.25, 0.3) is 10.8 Å². The van der Waals surface area contributed by atoms with Gasteiger partial charge >= 0.3 is 0 Å². The number of rotatable bonds is 4. The van der Waals surface area contributed by atoms with Gasteiger partial charge in [-0.3, -0.25) is 4.79 Å². The summed E-state index contributed by atoms with van der Waals surface area (Å²) >= 11 is 23.6. The Hall–Kier alpha value is -2.05. The van der Waals surface area contributed by atoms with Crippen molar-refractivity contribution >= 4 is 74.5 Å². The van der Waals surface area contributed by atoms with E-state index in [1.807, 2.05) is 61.5 Å². The van der Waals surface area contributed by atoms with Gasteiger partial charge in [-0.2, -0.15) is 0 Å². The van der Waals surface area contributed by atoms with E-state index in [9.17, 15) is 4.79 Å². The Morgan fingerprint density at radius 3 is 2.38 bits per heavy atom. The summed E-state index contributed by atoms with van der Waals surface area (Å²) in [7, 11) is 0. The summed E-state index contributed by atoms with van der Waals surface area (Å²) in [6.07, 6.45) is -1.05. The molecular formula is C21H18Cl3N3OS. The largest absolute Gasteiger partial charge is 0.339 e. The van der Waals surface area contributed by atoms with Crippen LogP contribution in [0.15, 0.2) is 66.7 Å². The fourth-order valence-electron chi connectivity index (χ4n) is 2.85. The number of benzene rings is 3. The average molecular weight is 467 g/mol. The van der Waals surface area contributed by atoms with E-state index in [0.29, 0.717) is 5.56 Å². The summed E-state index contributed by atoms with van der Waals surface area (Å²) in [4.78, 5) is 12.9. The lowest BCUT2D eigenvalue weighted by atomic mass is 10.0. The molecule has 0 aliphatic rings. The number of amides is 1. The molecule has 3 rings (SSSR count). The van der Waals surface area contributed by atoms with E-state index in [2.05, 4.69) is 16.0 Å². The molecule has 1 atom stereocenters. The van der Waals surface area contributed by atoms with Crippen molar-refractivity contribution in [1.29, 1.82) is 0 Å². The lowest BCUT2D eigenvalue weighted by Gasteiger charge is -2.28. The molecule has 0 saturated carbocycles. The second-order valence-electron chi connectivity index (χ2n) is 6.44. The van der Waals surface area contributed by atoms with Crippen LogP contribution in [0.4, 0.5) is 5.69 Å². The highest BCUT2D eigenvalue weighted by atomic mass is 35.6. The van der Waals surface area contributed by atoms with Gasteiger partial charge in [-0.25, -0.2) is 0 Å². The van der Waals surface area contributed by atoms with Crippen LogP contribution in [0.3, 0.4) is 0 Å². The number of alkyl halides is 3. The first-order chi connectivity index (χ1) is 13.7. The van der Waals surface area contributed by atoms with E-state index in [-0.39, 0.29) is 11.0 Å². The zero-order valence-electron chi connectivity index (χ0n) is 15.4. The van der Waals surface area contributed by atoms with Crippen molar-refractivity contribution in [2.24, 2.45) is 0 Å². The van der Waals surface area contributed by atoms with Crippen molar-refractivity contribution in [3.8, 4) is 0 Å². The number of carbonyl (C=O) groups is 1. The van der Waals surface area contributed by atoms with Gasteiger partial charge in [0.05, 0.1) is 0 Å². The Balaban J connectivity index is 1.77. The van der Waals surface area contributed by atoms with E-state index in [1.54, 1.807) is 12.1 Å². The summed E-state index contributed by atoms with van der Waals surface area (Å²) in [5.74, 6) is -0.385. The van der Waals surface area contributed by atoms with E-state index < -0.39 is 9.96 Å². The molecule has 1 amide bonds. The van der Waals surface area contributed by atoms with Crippen LogP contribution in [0.1, 0.15) is 15.9 Å². The highest BCUT2D eigenvalue weighted by Crippen LogP contribution is 2.30. The highest BCUT2D eigenvalue weighted by Gasteiger charge is 2.35. The van der Waals surface area contributed by atoms with Crippen molar-refractivity contribution < 1.29 is 4.79 Å². The molecule has 1 unspecified atom stereocenters. The molecule has 4 nitrogen and oxygen atoms in total. The molecule has 3 N–H and O–H groups in total. The maximum Gasteiger partial charge on any atom is 0.253 e. The Bertz CT molecular complexity index is 1050. The van der Waals surface area contributed by atoms with Crippen molar-refractivity contribution in [1.82, 2.24) is 10.6 Å². The number of carbonyl (C=O) groups excluding carboxylic acids is 1. The predicted octanol–water partition coefficient (Wildman–Crippen LogP) is 5.56. The van der Waals surface area contributed by atoms with Crippen LogP contribution in [0.2, 0.25) is 0 Å². The van der Waals surface area contributed by atoms with Gasteiger partial charge in [0.1, 0.15) is 6.17 Å². The Kier molecular flexibility index (Phi) is 6.85. The molecule has 0 spiro atoms. The molecule has 3 aromatic carbocycles. The minimum atomic E-state index is -1.83. The minimum Gasteiger partial charge on any atom is -0.339 e. The third-order valence-corrected chi connectivity index (χ3v) is 5.06. The monoisotopic (exact) mass is 465 g/mol. The van der Waals surface area contributed by atoms with Crippen LogP contribution < -0.4 is 16.0 Å². The van der Waals surface area contributed by atoms with Crippen molar-refractivity contribution in [3.63, 3.8) is 0 Å². The van der Waals surface area contributed by atoms with Gasteiger partial charge in [0.15, 0.2) is 5.11 Å². The standard InChI is InChI=1S/C21H18Cl3N3OS/c1-13-6-4-9-15(12-13)25-20(29)27-19(21(22,23)24)26-18(28)17-11-5-8-14-7-2-3-10-16(14)17/h2-12,19H,1H3,(H,26,28)(H2,25,27,29). The maximum absolute atomic E-state index is 12.9. The lowest BCUT2D eigenvalue weighted by molar-refractivity contribution is 0.0936. The predicted molar refractivity (Wildman–Crippen MR) is 126 cm³/mol. The van der Waals surface area contributed by atoms with Crippen LogP contribution in [-0.4, -0.2) is 21.0 Å². The SMILES string of the molecule is Cc1cccc(NC(=S)NC(NC(=O)c2cccc3ccccc23)C(Cl)(Cl)Cl)c1. The van der Waals surface area contributed by atoms with Crippen molar-refractivity contribution in [2.45, 2.75) is 16.9 Å². The molecular weight excluding hydrogens is 449 g/mol. The number of hydrogen-bond donors (Lipinski definition) is 3. The van der Waals surface area contributed by atoms with Gasteiger partial charge in [0.25, 0.3) is 5.91 Å². The molecule has 0 aliphatic heterocycles. The zero-order valence-corrected chi connectivity index (χ0v) is 18.5. The molecule has 0 aliphatic carbocycles. The van der Waals surface area contributed by atoms with Gasteiger partial charge in [-0.15, -0.1) is 0 Å². The maximum atomic E-state index is 12.9. The molecule has 0 heterocycles. The lowest BCUT2D eigenvalue weighted by Crippen LogP contribution is -2.56. The summed E-state index contributed by atoms with van der Waals surface area (Å²) in [6, 6.07) is 20.7. The van der Waals surface area contributed by atoms with Crippen LogP contribution in [0, 0.1) is 6.92 Å². The highest BCUT2D eigenvalue weighted by molar-refractivity contribution is 7.80. The second-order valence-corrected chi connectivity index (χ2v) is 9.22. The summed E-state index contributed by atoms with van der Waals surface area (Å²) in [5.41, 5.74) is 2.33. The molecule has 3 aromatic rings. The number of nitrogens with one attached hydrogen (secondary N) is 3. The first-order valence-corrected chi connectivity index (χ1v) is 10.3. The van der Waals surface area contributed by atoms with E-state index >= 15 is 0 Å². The van der Waals surface area contributed by atoms with Crippen molar-refractivity contribution in [3.05, 3.63) is 77.9 Å². The molecule has 0 aromatic heterocycles. The smallest absolute Gasteiger partial charge is 0.253 e. The fourth-order valence-corrected chi connectivity index (χ4v) is 3.42. The third-order valence-electron chi connectivity index (χ3n) is 4.19. The first kappa shape index (κ1) is 21.7. The zero-order chi connectivity index (χ0) is 21.0. The van der Waals surface area contributed by atoms with Crippen molar-refractivity contribution in [2.75, 3.05) is 5.32 Å². The van der Waals surface area contributed by atoms with E-state index in [4.69, 9.17) is 47.0 Å². The average Bonchev–Trinajstić information content (AvgIpc) is 2.66. The number of halogens is 3. The second kappa shape index (κ2) is 9.18. The first-order valence-electron chi connectivity index (χ1n) is 8.73. The number of thiocarbonyl (C=S) groups is 1. The Labute approximate surface area is 189 Å². The fraction of sp³-hybridized carbons (Fsp3) is 0.143. The number of fused-ring (bicyclic) bond motifs is 1. The molecule has 0 radical (unpaired) electrons. The van der Waals surface area contributed by atoms with Gasteiger partial charge in [-0.05, 0) is 53.7 Å². The number of aryl methyl sites for hydroxylation is 1. The Morgan fingerprint density at radius 2 is 1.66 bits per heavy atom. The Morgan fingerprint density at radius 1 is 0.966 bits per heavy atom. The molecule has 29 heavy (non-hydrogen) atoms. The molecule has 150 valence electrons. The molecule has 0 bridgehead atoms. The van der Waals surface area contributed by atoms with Crippen LogP contribution >= 0.6 is 47.0 Å². The van der Waals surface area contributed by atoms with E-state index in [1.165, 1.54) is 0 Å². The van der Waals surface area contributed by atoms with Gasteiger partial charge in [-0.1, -0.05) is 83.3 Å². The summed E-state index contributed by atoms with van der Waals surface area (Å²) in [5, 5.41) is 10.6. The number of anilines is 1. The minimum absolute atomic E-state index is 0.213. The molecule has 0 saturated heterocycles. The van der Waals surface area contributed by atoms with Gasteiger partial charge in [0.2, 0.25) is 3.79 Å². The topological polar surface area (TPSA) is 53.2 Å². The van der Waals surface area contributed by atoms with Gasteiger partial charge < -0.3 is 16.0 Å². The summed E-state index contributed by atoms with van der Waals surface area (Å²) in [6.45, 7) is 1.97. The third kappa shape index (κ3) is 5.73. The number of hydrogen-bond acceptors (Lipinski definition) is 2. The van der Waals surface area contributed by atoms with Gasteiger partial charge in [0, 0.05) is 11.3 Å². The molecule has 0 fully saturated rings.